The van der Waals surface area contributed by atoms with Gasteiger partial charge < -0.3 is 15.2 Å². The minimum atomic E-state index is -0.474. The summed E-state index contributed by atoms with van der Waals surface area (Å²) < 4.78 is 20.2. The highest BCUT2D eigenvalue weighted by molar-refractivity contribution is 5.76. The Balaban J connectivity index is 1.91. The second-order valence-electron chi connectivity index (χ2n) is 7.00. The monoisotopic (exact) mass is 425 g/mol. The van der Waals surface area contributed by atoms with Gasteiger partial charge in [0.1, 0.15) is 23.9 Å². The van der Waals surface area contributed by atoms with Crippen molar-refractivity contribution in [2.75, 3.05) is 13.7 Å². The molecule has 0 fully saturated rings. The van der Waals surface area contributed by atoms with E-state index >= 15 is 0 Å². The quantitative estimate of drug-likeness (QED) is 0.577. The molecule has 2 aromatic carbocycles. The molecule has 162 valence electrons. The molecule has 1 heterocycles. The Kier molecular flexibility index (Phi) is 7.15. The van der Waals surface area contributed by atoms with Gasteiger partial charge in [0, 0.05) is 36.4 Å². The molecule has 1 amide bonds. The van der Waals surface area contributed by atoms with Gasteiger partial charge in [0.25, 0.3) is 5.56 Å². The van der Waals surface area contributed by atoms with E-state index in [-0.39, 0.29) is 31.9 Å². The van der Waals surface area contributed by atoms with Gasteiger partial charge in [-0.1, -0.05) is 24.3 Å². The van der Waals surface area contributed by atoms with Crippen LogP contribution in [0.4, 0.5) is 4.39 Å². The van der Waals surface area contributed by atoms with Crippen LogP contribution >= 0.6 is 0 Å². The van der Waals surface area contributed by atoms with Gasteiger partial charge in [-0.3, -0.25) is 14.2 Å². The zero-order valence-corrected chi connectivity index (χ0v) is 17.4. The first-order valence-electron chi connectivity index (χ1n) is 9.79. The minimum absolute atomic E-state index is 0.118. The summed E-state index contributed by atoms with van der Waals surface area (Å²) >= 11 is 0. The lowest BCUT2D eigenvalue weighted by atomic mass is 10.1. The molecule has 0 atom stereocenters. The topological polar surface area (TPSA) is 93.4 Å². The van der Waals surface area contributed by atoms with Crippen LogP contribution in [0.2, 0.25) is 0 Å². The Morgan fingerprint density at radius 2 is 2.00 bits per heavy atom. The molecular formula is C23H24FN3O4. The van der Waals surface area contributed by atoms with E-state index in [1.807, 2.05) is 12.1 Å². The van der Waals surface area contributed by atoms with Crippen molar-refractivity contribution in [2.45, 2.75) is 26.4 Å². The van der Waals surface area contributed by atoms with E-state index < -0.39 is 17.3 Å². The van der Waals surface area contributed by atoms with Crippen LogP contribution in [-0.2, 0) is 24.3 Å². The SMILES string of the molecule is COc1cccc(CNC(=O)Cn2c(-c3cccc(F)c3)nc(C)c(CCO)c2=O)c1. The predicted molar refractivity (Wildman–Crippen MR) is 114 cm³/mol. The molecule has 2 N–H and O–H groups in total. The summed E-state index contributed by atoms with van der Waals surface area (Å²) in [6.45, 7) is 1.39. The lowest BCUT2D eigenvalue weighted by molar-refractivity contribution is -0.121. The second-order valence-corrected chi connectivity index (χ2v) is 7.00. The van der Waals surface area contributed by atoms with Crippen LogP contribution in [0.15, 0.2) is 53.3 Å². The fourth-order valence-electron chi connectivity index (χ4n) is 3.28. The third-order valence-corrected chi connectivity index (χ3v) is 4.84. The van der Waals surface area contributed by atoms with Gasteiger partial charge in [0.05, 0.1) is 7.11 Å². The molecule has 0 saturated heterocycles. The van der Waals surface area contributed by atoms with Crippen LogP contribution in [0.3, 0.4) is 0 Å². The van der Waals surface area contributed by atoms with Gasteiger partial charge in [-0.25, -0.2) is 9.37 Å². The molecule has 3 rings (SSSR count). The predicted octanol–water partition coefficient (Wildman–Crippen LogP) is 2.22. The molecule has 31 heavy (non-hydrogen) atoms. The van der Waals surface area contributed by atoms with Gasteiger partial charge in [0.15, 0.2) is 0 Å². The number of carbonyl (C=O) groups is 1. The van der Waals surface area contributed by atoms with E-state index in [0.29, 0.717) is 22.6 Å². The van der Waals surface area contributed by atoms with E-state index in [1.54, 1.807) is 32.2 Å². The van der Waals surface area contributed by atoms with Gasteiger partial charge >= 0.3 is 0 Å². The summed E-state index contributed by atoms with van der Waals surface area (Å²) in [7, 11) is 1.56. The average Bonchev–Trinajstić information content (AvgIpc) is 2.77. The smallest absolute Gasteiger partial charge is 0.257 e. The van der Waals surface area contributed by atoms with Crippen molar-refractivity contribution >= 4 is 5.91 Å². The van der Waals surface area contributed by atoms with E-state index in [0.717, 1.165) is 5.56 Å². The van der Waals surface area contributed by atoms with Crippen LogP contribution in [0.25, 0.3) is 11.4 Å². The first-order chi connectivity index (χ1) is 14.9. The number of carbonyl (C=O) groups excluding carboxylic acids is 1. The van der Waals surface area contributed by atoms with E-state index in [9.17, 15) is 19.1 Å². The number of aliphatic hydroxyl groups is 1. The van der Waals surface area contributed by atoms with Crippen molar-refractivity contribution in [3.8, 4) is 17.1 Å². The third-order valence-electron chi connectivity index (χ3n) is 4.84. The minimum Gasteiger partial charge on any atom is -0.497 e. The van der Waals surface area contributed by atoms with Gasteiger partial charge in [-0.2, -0.15) is 0 Å². The summed E-state index contributed by atoms with van der Waals surface area (Å²) in [5.74, 6) is -0.00556. The van der Waals surface area contributed by atoms with Crippen LogP contribution in [0.5, 0.6) is 5.75 Å². The number of hydrogen-bond donors (Lipinski definition) is 2. The second kappa shape index (κ2) is 9.99. The molecule has 3 aromatic rings. The Hall–Kier alpha value is -3.52. The summed E-state index contributed by atoms with van der Waals surface area (Å²) in [5, 5.41) is 12.1. The number of rotatable bonds is 8. The number of halogens is 1. The standard InChI is InChI=1S/C23H24FN3O4/c1-15-20(9-10-28)23(30)27(22(26-15)17-6-4-7-18(24)12-17)14-21(29)25-13-16-5-3-8-19(11-16)31-2/h3-8,11-12,28H,9-10,13-14H2,1-2H3,(H,25,29). The number of hydrogen-bond acceptors (Lipinski definition) is 5. The number of aromatic nitrogens is 2. The molecule has 0 spiro atoms. The molecule has 0 aliphatic heterocycles. The molecule has 0 saturated carbocycles. The van der Waals surface area contributed by atoms with E-state index in [1.165, 1.54) is 22.8 Å². The zero-order chi connectivity index (χ0) is 22.4. The molecule has 0 aliphatic rings. The lowest BCUT2D eigenvalue weighted by Crippen LogP contribution is -2.35. The normalized spacial score (nSPS) is 10.7. The van der Waals surface area contributed by atoms with Crippen molar-refractivity contribution in [1.82, 2.24) is 14.9 Å². The van der Waals surface area contributed by atoms with Crippen LogP contribution in [0.1, 0.15) is 16.8 Å². The number of methoxy groups -OCH3 is 1. The van der Waals surface area contributed by atoms with Gasteiger partial charge in [-0.15, -0.1) is 0 Å². The fourth-order valence-corrected chi connectivity index (χ4v) is 3.28. The molecule has 0 unspecified atom stereocenters. The molecule has 7 nitrogen and oxygen atoms in total. The fraction of sp³-hybridized carbons (Fsp3) is 0.261. The summed E-state index contributed by atoms with van der Waals surface area (Å²) in [4.78, 5) is 30.2. The Bertz CT molecular complexity index is 1140. The number of aryl methyl sites for hydroxylation is 1. The summed E-state index contributed by atoms with van der Waals surface area (Å²) in [6, 6.07) is 13.0. The highest BCUT2D eigenvalue weighted by atomic mass is 19.1. The number of nitrogens with zero attached hydrogens (tertiary/aromatic N) is 2. The summed E-state index contributed by atoms with van der Waals surface area (Å²) in [6.07, 6.45) is 0.118. The van der Waals surface area contributed by atoms with Crippen LogP contribution < -0.4 is 15.6 Å². The van der Waals surface area contributed by atoms with Gasteiger partial charge in [-0.05, 0) is 36.8 Å². The Morgan fingerprint density at radius 1 is 1.23 bits per heavy atom. The first-order valence-corrected chi connectivity index (χ1v) is 9.79. The zero-order valence-electron chi connectivity index (χ0n) is 17.4. The van der Waals surface area contributed by atoms with Crippen molar-refractivity contribution in [3.63, 3.8) is 0 Å². The number of aliphatic hydroxyl groups excluding tert-OH is 1. The Labute approximate surface area is 179 Å². The Morgan fingerprint density at radius 3 is 2.71 bits per heavy atom. The first kappa shape index (κ1) is 22.2. The maximum Gasteiger partial charge on any atom is 0.257 e. The molecule has 0 radical (unpaired) electrons. The van der Waals surface area contributed by atoms with Crippen LogP contribution in [0, 0.1) is 12.7 Å². The van der Waals surface area contributed by atoms with Crippen molar-refractivity contribution < 1.29 is 19.0 Å². The van der Waals surface area contributed by atoms with E-state index in [2.05, 4.69) is 10.3 Å². The molecule has 0 aliphatic carbocycles. The molecule has 1 aromatic heterocycles. The van der Waals surface area contributed by atoms with Crippen molar-refractivity contribution in [1.29, 1.82) is 0 Å². The van der Waals surface area contributed by atoms with Crippen molar-refractivity contribution in [2.24, 2.45) is 0 Å². The third kappa shape index (κ3) is 5.35. The molecular weight excluding hydrogens is 401 g/mol. The van der Waals surface area contributed by atoms with E-state index in [4.69, 9.17) is 4.74 Å². The van der Waals surface area contributed by atoms with Gasteiger partial charge in [0.2, 0.25) is 5.91 Å². The number of nitrogens with one attached hydrogen (secondary N) is 1. The molecule has 8 heteroatoms. The van der Waals surface area contributed by atoms with Crippen LogP contribution in [-0.4, -0.2) is 34.3 Å². The number of ether oxygens (including phenoxy) is 1. The number of amides is 1. The highest BCUT2D eigenvalue weighted by Gasteiger charge is 2.18. The maximum atomic E-state index is 13.8. The maximum absolute atomic E-state index is 13.8. The number of benzene rings is 2. The largest absolute Gasteiger partial charge is 0.497 e. The highest BCUT2D eigenvalue weighted by Crippen LogP contribution is 2.19. The lowest BCUT2D eigenvalue weighted by Gasteiger charge is -2.16. The average molecular weight is 425 g/mol. The molecule has 0 bridgehead atoms. The van der Waals surface area contributed by atoms with Crippen molar-refractivity contribution in [3.05, 3.63) is 81.5 Å². The summed E-state index contributed by atoms with van der Waals surface area (Å²) in [5.41, 5.74) is 1.55.